The van der Waals surface area contributed by atoms with Gasteiger partial charge in [-0.15, -0.1) is 0 Å². The molecular weight excluding hydrogens is 288 g/mol. The Morgan fingerprint density at radius 1 is 1.47 bits per heavy atom. The fourth-order valence-electron chi connectivity index (χ4n) is 1.22. The molecule has 0 aliphatic carbocycles. The van der Waals surface area contributed by atoms with Gasteiger partial charge in [0.25, 0.3) is 5.91 Å². The van der Waals surface area contributed by atoms with Gasteiger partial charge in [-0.25, -0.2) is 0 Å². The van der Waals surface area contributed by atoms with Crippen molar-refractivity contribution < 1.29 is 14.0 Å². The number of likely N-dealkylation sites (N-methyl/N-ethyl adjacent to an activating group) is 1. The third kappa shape index (κ3) is 4.22. The summed E-state index contributed by atoms with van der Waals surface area (Å²) in [5, 5.41) is 2.70. The Bertz CT molecular complexity index is 403. The van der Waals surface area contributed by atoms with Crippen molar-refractivity contribution in [2.45, 2.75) is 13.3 Å². The van der Waals surface area contributed by atoms with E-state index in [9.17, 15) is 9.59 Å². The van der Waals surface area contributed by atoms with E-state index in [2.05, 4.69) is 21.2 Å². The highest BCUT2D eigenvalue weighted by atomic mass is 79.9. The summed E-state index contributed by atoms with van der Waals surface area (Å²) in [4.78, 5) is 24.5. The van der Waals surface area contributed by atoms with Gasteiger partial charge >= 0.3 is 0 Å². The monoisotopic (exact) mass is 302 g/mol. The molecule has 1 heterocycles. The quantitative estimate of drug-likeness (QED) is 0.899. The average molecular weight is 303 g/mol. The molecule has 0 saturated carbocycles. The second-order valence-electron chi connectivity index (χ2n) is 3.61. The molecule has 0 aliphatic heterocycles. The van der Waals surface area contributed by atoms with Crippen LogP contribution in [0.1, 0.15) is 23.9 Å². The third-order valence-corrected chi connectivity index (χ3v) is 2.51. The van der Waals surface area contributed by atoms with Gasteiger partial charge in [0.05, 0.1) is 6.54 Å². The van der Waals surface area contributed by atoms with Crippen molar-refractivity contribution in [3.05, 3.63) is 22.6 Å². The van der Waals surface area contributed by atoms with Gasteiger partial charge in [-0.2, -0.15) is 0 Å². The molecule has 6 heteroatoms. The molecule has 0 radical (unpaired) electrons. The van der Waals surface area contributed by atoms with E-state index in [0.717, 1.165) is 6.42 Å². The molecule has 1 N–H and O–H groups in total. The van der Waals surface area contributed by atoms with Crippen molar-refractivity contribution in [3.8, 4) is 0 Å². The zero-order valence-electron chi connectivity index (χ0n) is 9.83. The molecule has 0 saturated heterocycles. The van der Waals surface area contributed by atoms with Crippen LogP contribution in [0, 0.1) is 0 Å². The summed E-state index contributed by atoms with van der Waals surface area (Å²) in [5.41, 5.74) is 0. The number of halogens is 1. The van der Waals surface area contributed by atoms with E-state index in [1.54, 1.807) is 19.2 Å². The molecular formula is C11H15BrN2O3. The van der Waals surface area contributed by atoms with Crippen LogP contribution < -0.4 is 5.32 Å². The van der Waals surface area contributed by atoms with Crippen LogP contribution in [0.15, 0.2) is 21.2 Å². The number of amides is 2. The fourth-order valence-corrected chi connectivity index (χ4v) is 1.53. The molecule has 2 amide bonds. The van der Waals surface area contributed by atoms with Gasteiger partial charge in [0.2, 0.25) is 5.91 Å². The Balaban J connectivity index is 2.50. The number of furan rings is 1. The maximum absolute atomic E-state index is 11.8. The van der Waals surface area contributed by atoms with Crippen LogP contribution in [-0.2, 0) is 4.79 Å². The lowest BCUT2D eigenvalue weighted by Gasteiger charge is -2.15. The van der Waals surface area contributed by atoms with Gasteiger partial charge in [0.1, 0.15) is 0 Å². The van der Waals surface area contributed by atoms with Crippen LogP contribution >= 0.6 is 15.9 Å². The summed E-state index contributed by atoms with van der Waals surface area (Å²) in [6.45, 7) is 2.61. The summed E-state index contributed by atoms with van der Waals surface area (Å²) in [7, 11) is 1.56. The number of nitrogens with zero attached hydrogens (tertiary/aromatic N) is 1. The van der Waals surface area contributed by atoms with Crippen LogP contribution in [0.3, 0.4) is 0 Å². The average Bonchev–Trinajstić information content (AvgIpc) is 2.72. The molecule has 1 aromatic heterocycles. The first-order chi connectivity index (χ1) is 8.04. The number of hydrogen-bond acceptors (Lipinski definition) is 3. The Morgan fingerprint density at radius 2 is 2.18 bits per heavy atom. The zero-order valence-corrected chi connectivity index (χ0v) is 11.4. The highest BCUT2D eigenvalue weighted by molar-refractivity contribution is 9.10. The van der Waals surface area contributed by atoms with Gasteiger partial charge in [0, 0.05) is 13.6 Å². The predicted octanol–water partition coefficient (Wildman–Crippen LogP) is 1.64. The minimum Gasteiger partial charge on any atom is -0.444 e. The van der Waals surface area contributed by atoms with Crippen molar-refractivity contribution in [2.75, 3.05) is 20.1 Å². The van der Waals surface area contributed by atoms with E-state index < -0.39 is 0 Å². The zero-order chi connectivity index (χ0) is 12.8. The van der Waals surface area contributed by atoms with E-state index in [1.165, 1.54) is 4.90 Å². The SMILES string of the molecule is CCCNC(=O)CN(C)C(=O)c1ccc(Br)o1. The van der Waals surface area contributed by atoms with Crippen LogP contribution in [0.2, 0.25) is 0 Å². The molecule has 0 fully saturated rings. The Kier molecular flexibility index (Phi) is 5.21. The molecule has 0 unspecified atom stereocenters. The molecule has 1 rings (SSSR count). The summed E-state index contributed by atoms with van der Waals surface area (Å²) in [6.07, 6.45) is 0.870. The largest absolute Gasteiger partial charge is 0.444 e. The van der Waals surface area contributed by atoms with Crippen molar-refractivity contribution in [2.24, 2.45) is 0 Å². The standard InChI is InChI=1S/C11H15BrN2O3/c1-3-6-13-10(15)7-14(2)11(16)8-4-5-9(12)17-8/h4-5H,3,6-7H2,1-2H3,(H,13,15). The minimum absolute atomic E-state index is 0.0250. The molecule has 0 atom stereocenters. The molecule has 5 nitrogen and oxygen atoms in total. The van der Waals surface area contributed by atoms with Crippen molar-refractivity contribution in [1.29, 1.82) is 0 Å². The van der Waals surface area contributed by atoms with Gasteiger partial charge < -0.3 is 14.6 Å². The molecule has 1 aromatic rings. The van der Waals surface area contributed by atoms with Crippen LogP contribution in [0.4, 0.5) is 0 Å². The van der Waals surface area contributed by atoms with E-state index in [-0.39, 0.29) is 24.1 Å². The lowest BCUT2D eigenvalue weighted by Crippen LogP contribution is -2.38. The first-order valence-corrected chi connectivity index (χ1v) is 6.11. The lowest BCUT2D eigenvalue weighted by molar-refractivity contribution is -0.121. The summed E-state index contributed by atoms with van der Waals surface area (Å²) in [6, 6.07) is 3.20. The Labute approximate surface area is 108 Å². The van der Waals surface area contributed by atoms with Crippen molar-refractivity contribution in [1.82, 2.24) is 10.2 Å². The molecule has 0 bridgehead atoms. The van der Waals surface area contributed by atoms with Crippen LogP contribution in [0.25, 0.3) is 0 Å². The van der Waals surface area contributed by atoms with Crippen LogP contribution in [0.5, 0.6) is 0 Å². The fraction of sp³-hybridized carbons (Fsp3) is 0.455. The van der Waals surface area contributed by atoms with Crippen LogP contribution in [-0.4, -0.2) is 36.9 Å². The Hall–Kier alpha value is -1.30. The van der Waals surface area contributed by atoms with E-state index >= 15 is 0 Å². The molecule has 17 heavy (non-hydrogen) atoms. The number of nitrogens with one attached hydrogen (secondary N) is 1. The van der Waals surface area contributed by atoms with E-state index in [1.807, 2.05) is 6.92 Å². The van der Waals surface area contributed by atoms with Gasteiger partial charge in [0.15, 0.2) is 10.4 Å². The predicted molar refractivity (Wildman–Crippen MR) is 66.7 cm³/mol. The first kappa shape index (κ1) is 13.8. The maximum Gasteiger partial charge on any atom is 0.289 e. The van der Waals surface area contributed by atoms with Gasteiger partial charge in [-0.3, -0.25) is 9.59 Å². The molecule has 0 aliphatic rings. The Morgan fingerprint density at radius 3 is 2.71 bits per heavy atom. The molecule has 0 spiro atoms. The normalized spacial score (nSPS) is 10.1. The van der Waals surface area contributed by atoms with Gasteiger partial charge in [-0.1, -0.05) is 6.92 Å². The second kappa shape index (κ2) is 6.44. The minimum atomic E-state index is -0.317. The molecule has 94 valence electrons. The number of hydrogen-bond donors (Lipinski definition) is 1. The maximum atomic E-state index is 11.8. The second-order valence-corrected chi connectivity index (χ2v) is 4.40. The van der Waals surface area contributed by atoms with E-state index in [0.29, 0.717) is 11.2 Å². The highest BCUT2D eigenvalue weighted by Gasteiger charge is 2.17. The van der Waals surface area contributed by atoms with Crippen molar-refractivity contribution >= 4 is 27.7 Å². The smallest absolute Gasteiger partial charge is 0.289 e. The summed E-state index contributed by atoms with van der Waals surface area (Å²) in [5.74, 6) is -0.279. The third-order valence-electron chi connectivity index (χ3n) is 2.08. The highest BCUT2D eigenvalue weighted by Crippen LogP contribution is 2.15. The lowest BCUT2D eigenvalue weighted by atomic mass is 10.4. The number of carbonyl (C=O) groups excluding carboxylic acids is 2. The van der Waals surface area contributed by atoms with Gasteiger partial charge in [-0.05, 0) is 34.5 Å². The topological polar surface area (TPSA) is 62.6 Å². The van der Waals surface area contributed by atoms with E-state index in [4.69, 9.17) is 4.42 Å². The first-order valence-electron chi connectivity index (χ1n) is 5.32. The summed E-state index contributed by atoms with van der Waals surface area (Å²) < 4.78 is 5.61. The molecule has 0 aromatic carbocycles. The number of carbonyl (C=O) groups is 2. The number of rotatable bonds is 5. The van der Waals surface area contributed by atoms with Crippen molar-refractivity contribution in [3.63, 3.8) is 0 Å². The summed E-state index contributed by atoms with van der Waals surface area (Å²) >= 11 is 3.12.